The lowest BCUT2D eigenvalue weighted by Gasteiger charge is -2.09. The molecular weight excluding hydrogens is 354 g/mol. The Morgan fingerprint density at radius 2 is 1.90 bits per heavy atom. The molecule has 0 aliphatic carbocycles. The third kappa shape index (κ3) is 4.44. The van der Waals surface area contributed by atoms with Gasteiger partial charge in [-0.25, -0.2) is 13.4 Å². The van der Waals surface area contributed by atoms with Gasteiger partial charge in [-0.15, -0.1) is 0 Å². The lowest BCUT2D eigenvalue weighted by Crippen LogP contribution is -2.15. The van der Waals surface area contributed by atoms with Gasteiger partial charge < -0.3 is 5.32 Å². The van der Waals surface area contributed by atoms with Gasteiger partial charge in [0.05, 0.1) is 17.6 Å². The molecule has 0 amide bonds. The van der Waals surface area contributed by atoms with Crippen molar-refractivity contribution in [3.63, 3.8) is 0 Å². The first-order chi connectivity index (χ1) is 9.89. The fourth-order valence-corrected chi connectivity index (χ4v) is 2.56. The van der Waals surface area contributed by atoms with E-state index >= 15 is 0 Å². The van der Waals surface area contributed by atoms with Crippen molar-refractivity contribution in [3.8, 4) is 0 Å². The highest BCUT2D eigenvalue weighted by atomic mass is 79.9. The Kier molecular flexibility index (Phi) is 4.84. The lowest BCUT2D eigenvalue weighted by molar-refractivity contribution is 0.602. The lowest BCUT2D eigenvalue weighted by atomic mass is 10.2. The highest BCUT2D eigenvalue weighted by Gasteiger charge is 2.07. The van der Waals surface area contributed by atoms with Crippen molar-refractivity contribution in [2.24, 2.45) is 0 Å². The molecule has 1 heterocycles. The summed E-state index contributed by atoms with van der Waals surface area (Å²) in [5.74, 6) is 0.332. The SMILES string of the molecule is CCS(=O)(=O)Nc1ccc(Nc2ccc(C)c(Br)c2)cn1. The van der Waals surface area contributed by atoms with Gasteiger partial charge in [-0.1, -0.05) is 22.0 Å². The molecule has 1 aromatic heterocycles. The van der Waals surface area contributed by atoms with Crippen LogP contribution in [-0.2, 0) is 10.0 Å². The van der Waals surface area contributed by atoms with Crippen molar-refractivity contribution in [1.29, 1.82) is 0 Å². The van der Waals surface area contributed by atoms with Crippen molar-refractivity contribution >= 4 is 43.1 Å². The monoisotopic (exact) mass is 369 g/mol. The smallest absolute Gasteiger partial charge is 0.233 e. The molecule has 21 heavy (non-hydrogen) atoms. The molecule has 2 aromatic rings. The number of hydrogen-bond donors (Lipinski definition) is 2. The predicted molar refractivity (Wildman–Crippen MR) is 89.5 cm³/mol. The van der Waals surface area contributed by atoms with Crippen LogP contribution in [0.5, 0.6) is 0 Å². The summed E-state index contributed by atoms with van der Waals surface area (Å²) in [7, 11) is -3.29. The summed E-state index contributed by atoms with van der Waals surface area (Å²) in [6, 6.07) is 9.34. The van der Waals surface area contributed by atoms with Gasteiger partial charge in [0.1, 0.15) is 5.82 Å². The quantitative estimate of drug-likeness (QED) is 0.843. The Labute approximate surface area is 133 Å². The maximum atomic E-state index is 11.4. The summed E-state index contributed by atoms with van der Waals surface area (Å²) in [5, 5.41) is 3.21. The average Bonchev–Trinajstić information content (AvgIpc) is 2.45. The van der Waals surface area contributed by atoms with Gasteiger partial charge in [-0.2, -0.15) is 0 Å². The topological polar surface area (TPSA) is 71.1 Å². The zero-order valence-corrected chi connectivity index (χ0v) is 14.1. The van der Waals surface area contributed by atoms with E-state index in [1.165, 1.54) is 0 Å². The van der Waals surface area contributed by atoms with Crippen LogP contribution in [0.1, 0.15) is 12.5 Å². The Morgan fingerprint density at radius 1 is 1.19 bits per heavy atom. The van der Waals surface area contributed by atoms with Gasteiger partial charge in [-0.3, -0.25) is 4.72 Å². The number of anilines is 3. The van der Waals surface area contributed by atoms with Gasteiger partial charge >= 0.3 is 0 Å². The molecule has 0 aliphatic heterocycles. The van der Waals surface area contributed by atoms with E-state index in [1.54, 1.807) is 25.3 Å². The second-order valence-electron chi connectivity index (χ2n) is 4.53. The van der Waals surface area contributed by atoms with Crippen LogP contribution >= 0.6 is 15.9 Å². The summed E-state index contributed by atoms with van der Waals surface area (Å²) in [4.78, 5) is 4.08. The van der Waals surface area contributed by atoms with Crippen LogP contribution in [0.4, 0.5) is 17.2 Å². The predicted octanol–water partition coefficient (Wildman–Crippen LogP) is 3.66. The van der Waals surface area contributed by atoms with Crippen LogP contribution in [0.15, 0.2) is 41.0 Å². The molecule has 0 atom stereocenters. The average molecular weight is 370 g/mol. The highest BCUT2D eigenvalue weighted by Crippen LogP contribution is 2.23. The largest absolute Gasteiger partial charge is 0.354 e. The number of nitrogens with zero attached hydrogens (tertiary/aromatic N) is 1. The van der Waals surface area contributed by atoms with Crippen molar-refractivity contribution in [1.82, 2.24) is 4.98 Å². The summed E-state index contributed by atoms with van der Waals surface area (Å²) in [6.07, 6.45) is 1.58. The van der Waals surface area contributed by atoms with Crippen LogP contribution in [0.3, 0.4) is 0 Å². The van der Waals surface area contributed by atoms with E-state index in [2.05, 4.69) is 31.0 Å². The van der Waals surface area contributed by atoms with E-state index in [0.717, 1.165) is 21.4 Å². The Morgan fingerprint density at radius 3 is 2.48 bits per heavy atom. The first kappa shape index (κ1) is 15.8. The summed E-state index contributed by atoms with van der Waals surface area (Å²) in [5.41, 5.74) is 2.87. The van der Waals surface area contributed by atoms with Crippen LogP contribution < -0.4 is 10.0 Å². The number of aromatic nitrogens is 1. The molecule has 0 unspecified atom stereocenters. The molecule has 112 valence electrons. The van der Waals surface area contributed by atoms with Gasteiger partial charge in [0.25, 0.3) is 0 Å². The normalized spacial score (nSPS) is 11.2. The number of hydrogen-bond acceptors (Lipinski definition) is 4. The van der Waals surface area contributed by atoms with E-state index in [0.29, 0.717) is 5.82 Å². The first-order valence-electron chi connectivity index (χ1n) is 6.39. The Balaban J connectivity index is 2.10. The fourth-order valence-electron chi connectivity index (χ4n) is 1.60. The van der Waals surface area contributed by atoms with Crippen molar-refractivity contribution < 1.29 is 8.42 Å². The summed E-state index contributed by atoms with van der Waals surface area (Å²) in [6.45, 7) is 3.59. The summed E-state index contributed by atoms with van der Waals surface area (Å²) < 4.78 is 26.3. The van der Waals surface area contributed by atoms with Crippen molar-refractivity contribution in [2.45, 2.75) is 13.8 Å². The molecule has 5 nitrogen and oxygen atoms in total. The zero-order chi connectivity index (χ0) is 15.5. The number of pyridine rings is 1. The Bertz CT molecular complexity index is 730. The molecular formula is C14H16BrN3O2S. The minimum Gasteiger partial charge on any atom is -0.354 e. The van der Waals surface area contributed by atoms with E-state index in [4.69, 9.17) is 0 Å². The zero-order valence-electron chi connectivity index (χ0n) is 11.7. The second-order valence-corrected chi connectivity index (χ2v) is 7.39. The molecule has 0 bridgehead atoms. The molecule has 2 rings (SSSR count). The van der Waals surface area contributed by atoms with Gasteiger partial charge in [0, 0.05) is 10.2 Å². The van der Waals surface area contributed by atoms with Crippen LogP contribution in [0, 0.1) is 6.92 Å². The number of aryl methyl sites for hydroxylation is 1. The number of halogens is 1. The maximum absolute atomic E-state index is 11.4. The molecule has 2 N–H and O–H groups in total. The molecule has 0 saturated heterocycles. The van der Waals surface area contributed by atoms with Gasteiger partial charge in [-0.05, 0) is 43.7 Å². The molecule has 0 saturated carbocycles. The van der Waals surface area contributed by atoms with Crippen LogP contribution in [0.25, 0.3) is 0 Å². The maximum Gasteiger partial charge on any atom is 0.233 e. The second kappa shape index (κ2) is 6.44. The molecule has 0 spiro atoms. The molecule has 0 aliphatic rings. The van der Waals surface area contributed by atoms with Crippen molar-refractivity contribution in [2.75, 3.05) is 15.8 Å². The standard InChI is InChI=1S/C14H16BrN3O2S/c1-3-21(19,20)18-14-7-6-12(9-16-14)17-11-5-4-10(2)13(15)8-11/h4-9,17H,3H2,1-2H3,(H,16,18). The van der Waals surface area contributed by atoms with Gasteiger partial charge in [0.15, 0.2) is 0 Å². The first-order valence-corrected chi connectivity index (χ1v) is 8.84. The summed E-state index contributed by atoms with van der Waals surface area (Å²) >= 11 is 3.48. The molecule has 1 aromatic carbocycles. The minimum absolute atomic E-state index is 0.0199. The highest BCUT2D eigenvalue weighted by molar-refractivity contribution is 9.10. The van der Waals surface area contributed by atoms with E-state index in [9.17, 15) is 8.42 Å². The number of rotatable bonds is 5. The van der Waals surface area contributed by atoms with Crippen LogP contribution in [0.2, 0.25) is 0 Å². The van der Waals surface area contributed by atoms with E-state index in [1.807, 2.05) is 25.1 Å². The number of benzene rings is 1. The van der Waals surface area contributed by atoms with Gasteiger partial charge in [0.2, 0.25) is 10.0 Å². The van der Waals surface area contributed by atoms with Crippen molar-refractivity contribution in [3.05, 3.63) is 46.6 Å². The third-order valence-electron chi connectivity index (χ3n) is 2.86. The molecule has 0 fully saturated rings. The Hall–Kier alpha value is -1.60. The van der Waals surface area contributed by atoms with E-state index in [-0.39, 0.29) is 5.75 Å². The fraction of sp³-hybridized carbons (Fsp3) is 0.214. The molecule has 0 radical (unpaired) electrons. The number of nitrogens with one attached hydrogen (secondary N) is 2. The van der Waals surface area contributed by atoms with E-state index < -0.39 is 10.0 Å². The molecule has 7 heteroatoms. The number of sulfonamides is 1. The van der Waals surface area contributed by atoms with Crippen LogP contribution in [-0.4, -0.2) is 19.2 Å². The minimum atomic E-state index is -3.29. The third-order valence-corrected chi connectivity index (χ3v) is 5.00.